The van der Waals surface area contributed by atoms with E-state index >= 15 is 0 Å². The number of rotatable bonds is 3. The summed E-state index contributed by atoms with van der Waals surface area (Å²) in [5, 5.41) is 8.83. The van der Waals surface area contributed by atoms with Gasteiger partial charge in [-0.2, -0.15) is 0 Å². The zero-order chi connectivity index (χ0) is 8.97. The molecule has 0 heterocycles. The van der Waals surface area contributed by atoms with Crippen molar-refractivity contribution in [2.45, 2.75) is 12.6 Å². The molecule has 3 heteroatoms. The van der Waals surface area contributed by atoms with E-state index in [4.69, 9.17) is 5.11 Å². The quantitative estimate of drug-likeness (QED) is 0.680. The van der Waals surface area contributed by atoms with Crippen molar-refractivity contribution in [3.63, 3.8) is 0 Å². The molecule has 0 saturated heterocycles. The van der Waals surface area contributed by atoms with E-state index in [1.54, 1.807) is 0 Å². The minimum absolute atomic E-state index is 0.355. The van der Waals surface area contributed by atoms with Gasteiger partial charge in [0.1, 0.15) is 7.28 Å². The van der Waals surface area contributed by atoms with E-state index in [9.17, 15) is 4.79 Å². The predicted molar refractivity (Wildman–Crippen MR) is 49.8 cm³/mol. The first-order valence-electron chi connectivity index (χ1n) is 4.03. The first-order valence-corrected chi connectivity index (χ1v) is 4.03. The van der Waals surface area contributed by atoms with Crippen LogP contribution >= 0.6 is 0 Å². The van der Waals surface area contributed by atoms with Gasteiger partial charge in [0, 0.05) is 0 Å². The number of carboxylic acids is 1. The Labute approximate surface area is 72.5 Å². The van der Waals surface area contributed by atoms with Crippen LogP contribution in [0.5, 0.6) is 0 Å². The highest BCUT2D eigenvalue weighted by Crippen LogP contribution is 2.13. The summed E-state index contributed by atoms with van der Waals surface area (Å²) in [6, 6.07) is 9.31. The zero-order valence-corrected chi connectivity index (χ0v) is 7.03. The second kappa shape index (κ2) is 3.95. The Morgan fingerprint density at radius 3 is 2.42 bits per heavy atom. The third kappa shape index (κ3) is 1.88. The summed E-state index contributed by atoms with van der Waals surface area (Å²) in [5.41, 5.74) is 0.882. The number of benzene rings is 1. The van der Waals surface area contributed by atoms with Gasteiger partial charge in [0.15, 0.2) is 0 Å². The standard InChI is InChI=1S/C9H11BO2/c1-10-8(9(11)12)7-5-3-2-4-6-7/h2-6,8,10H,1H3,(H,11,12). The van der Waals surface area contributed by atoms with Crippen molar-refractivity contribution in [2.75, 3.05) is 0 Å². The molecule has 0 amide bonds. The lowest BCUT2D eigenvalue weighted by Crippen LogP contribution is -2.16. The van der Waals surface area contributed by atoms with Gasteiger partial charge in [0.2, 0.25) is 0 Å². The van der Waals surface area contributed by atoms with E-state index in [1.165, 1.54) is 0 Å². The van der Waals surface area contributed by atoms with Crippen molar-refractivity contribution in [3.8, 4) is 0 Å². The normalized spacial score (nSPS) is 12.1. The van der Waals surface area contributed by atoms with E-state index in [0.717, 1.165) is 5.56 Å². The molecule has 0 aliphatic carbocycles. The van der Waals surface area contributed by atoms with Gasteiger partial charge in [-0.25, -0.2) is 0 Å². The Bertz CT molecular complexity index is 258. The SMILES string of the molecule is CBC(C(=O)O)c1ccccc1. The zero-order valence-electron chi connectivity index (χ0n) is 7.03. The molecular weight excluding hydrogens is 151 g/mol. The summed E-state index contributed by atoms with van der Waals surface area (Å²) in [4.78, 5) is 10.7. The van der Waals surface area contributed by atoms with Crippen LogP contribution < -0.4 is 0 Å². The lowest BCUT2D eigenvalue weighted by molar-refractivity contribution is -0.136. The van der Waals surface area contributed by atoms with E-state index < -0.39 is 5.97 Å². The van der Waals surface area contributed by atoms with Gasteiger partial charge in [-0.1, -0.05) is 37.2 Å². The molecule has 12 heavy (non-hydrogen) atoms. The van der Waals surface area contributed by atoms with Crippen LogP contribution in [0.4, 0.5) is 0 Å². The fourth-order valence-corrected chi connectivity index (χ4v) is 1.24. The van der Waals surface area contributed by atoms with Crippen molar-refractivity contribution in [3.05, 3.63) is 35.9 Å². The van der Waals surface area contributed by atoms with Gasteiger partial charge >= 0.3 is 5.97 Å². The lowest BCUT2D eigenvalue weighted by Gasteiger charge is -2.07. The van der Waals surface area contributed by atoms with E-state index in [2.05, 4.69) is 0 Å². The number of carbonyl (C=O) groups is 1. The molecule has 1 aromatic rings. The van der Waals surface area contributed by atoms with Gasteiger partial charge in [0.25, 0.3) is 0 Å². The molecular formula is C9H11BO2. The summed E-state index contributed by atoms with van der Waals surface area (Å²) < 4.78 is 0. The maximum Gasteiger partial charge on any atom is 0.303 e. The highest BCUT2D eigenvalue weighted by molar-refractivity contribution is 6.42. The topological polar surface area (TPSA) is 37.3 Å². The monoisotopic (exact) mass is 162 g/mol. The second-order valence-electron chi connectivity index (χ2n) is 2.71. The Balaban J connectivity index is 2.88. The van der Waals surface area contributed by atoms with Gasteiger partial charge in [0.05, 0.1) is 5.82 Å². The minimum Gasteiger partial charge on any atom is -0.481 e. The lowest BCUT2D eigenvalue weighted by atomic mass is 9.64. The van der Waals surface area contributed by atoms with Gasteiger partial charge in [-0.05, 0) is 5.56 Å². The van der Waals surface area contributed by atoms with Crippen LogP contribution in [0.3, 0.4) is 0 Å². The van der Waals surface area contributed by atoms with Crippen LogP contribution in [0.2, 0.25) is 6.82 Å². The first-order chi connectivity index (χ1) is 5.75. The third-order valence-electron chi connectivity index (χ3n) is 1.91. The highest BCUT2D eigenvalue weighted by Gasteiger charge is 2.16. The summed E-state index contributed by atoms with van der Waals surface area (Å²) in [7, 11) is 0.638. The van der Waals surface area contributed by atoms with Crippen LogP contribution in [-0.4, -0.2) is 18.4 Å². The van der Waals surface area contributed by atoms with Crippen LogP contribution in [0.1, 0.15) is 11.4 Å². The molecule has 0 saturated carbocycles. The molecule has 1 aromatic carbocycles. The molecule has 1 unspecified atom stereocenters. The minimum atomic E-state index is -0.747. The molecule has 0 bridgehead atoms. The second-order valence-corrected chi connectivity index (χ2v) is 2.71. The average molecular weight is 162 g/mol. The smallest absolute Gasteiger partial charge is 0.303 e. The van der Waals surface area contributed by atoms with Crippen LogP contribution in [-0.2, 0) is 4.79 Å². The highest BCUT2D eigenvalue weighted by atomic mass is 16.4. The van der Waals surface area contributed by atoms with Gasteiger partial charge in [-0.15, -0.1) is 0 Å². The number of hydrogen-bond donors (Lipinski definition) is 1. The first kappa shape index (κ1) is 8.85. The van der Waals surface area contributed by atoms with Crippen molar-refractivity contribution < 1.29 is 9.90 Å². The van der Waals surface area contributed by atoms with Gasteiger partial charge in [-0.3, -0.25) is 4.79 Å². The molecule has 0 aliphatic rings. The number of aliphatic carboxylic acids is 1. The average Bonchev–Trinajstić information content (AvgIpc) is 2.07. The molecule has 2 nitrogen and oxygen atoms in total. The van der Waals surface area contributed by atoms with Crippen LogP contribution in [0.15, 0.2) is 30.3 Å². The molecule has 0 aliphatic heterocycles. The van der Waals surface area contributed by atoms with Crippen LogP contribution in [0.25, 0.3) is 0 Å². The molecule has 1 rings (SSSR count). The Hall–Kier alpha value is -1.25. The fourth-order valence-electron chi connectivity index (χ4n) is 1.24. The number of carboxylic acid groups (broad SMARTS) is 1. The Kier molecular flexibility index (Phi) is 2.91. The summed E-state index contributed by atoms with van der Waals surface area (Å²) in [6.07, 6.45) is 0. The van der Waals surface area contributed by atoms with Crippen molar-refractivity contribution in [2.24, 2.45) is 0 Å². The number of hydrogen-bond acceptors (Lipinski definition) is 1. The van der Waals surface area contributed by atoms with Crippen molar-refractivity contribution in [1.82, 2.24) is 0 Å². The third-order valence-corrected chi connectivity index (χ3v) is 1.91. The maximum atomic E-state index is 10.7. The molecule has 1 atom stereocenters. The van der Waals surface area contributed by atoms with E-state index in [1.807, 2.05) is 37.2 Å². The van der Waals surface area contributed by atoms with Crippen molar-refractivity contribution in [1.29, 1.82) is 0 Å². The summed E-state index contributed by atoms with van der Waals surface area (Å²) in [6.45, 7) is 1.88. The van der Waals surface area contributed by atoms with Gasteiger partial charge < -0.3 is 5.11 Å². The molecule has 0 fully saturated rings. The van der Waals surface area contributed by atoms with E-state index in [0.29, 0.717) is 7.28 Å². The molecule has 0 spiro atoms. The van der Waals surface area contributed by atoms with Crippen LogP contribution in [0, 0.1) is 0 Å². The Morgan fingerprint density at radius 1 is 1.42 bits per heavy atom. The molecule has 0 aromatic heterocycles. The molecule has 0 radical (unpaired) electrons. The molecule has 1 N–H and O–H groups in total. The summed E-state index contributed by atoms with van der Waals surface area (Å²) in [5.74, 6) is -1.10. The largest absolute Gasteiger partial charge is 0.481 e. The fraction of sp³-hybridized carbons (Fsp3) is 0.222. The summed E-state index contributed by atoms with van der Waals surface area (Å²) >= 11 is 0. The predicted octanol–water partition coefficient (Wildman–Crippen LogP) is 1.30. The molecule has 62 valence electrons. The Morgan fingerprint density at radius 2 is 2.00 bits per heavy atom. The van der Waals surface area contributed by atoms with Crippen molar-refractivity contribution >= 4 is 13.2 Å². The maximum absolute atomic E-state index is 10.7. The van der Waals surface area contributed by atoms with E-state index in [-0.39, 0.29) is 5.82 Å².